The Kier molecular flexibility index (Phi) is 3.95. The Hall–Kier alpha value is -0.330. The minimum absolute atomic E-state index is 0. The summed E-state index contributed by atoms with van der Waals surface area (Å²) in [5.41, 5.74) is 6.89. The average Bonchev–Trinajstić information content (AvgIpc) is 1.86. The molecule has 1 aromatic rings. The molecule has 0 radical (unpaired) electrons. The topological polar surface area (TPSA) is 78.2 Å². The Labute approximate surface area is 86.0 Å². The molecule has 0 aliphatic heterocycles. The van der Waals surface area contributed by atoms with Gasteiger partial charge in [-0.2, -0.15) is 8.42 Å². The summed E-state index contributed by atoms with van der Waals surface area (Å²) < 4.78 is 29.5. The maximum absolute atomic E-state index is 10.5. The van der Waals surface area contributed by atoms with Crippen molar-refractivity contribution >= 4 is 15.8 Å². The van der Waals surface area contributed by atoms with Crippen LogP contribution in [0.3, 0.4) is 0 Å². The van der Waals surface area contributed by atoms with Gasteiger partial charge < -0.3 is 5.73 Å². The molecule has 0 heterocycles. The van der Waals surface area contributed by atoms with Crippen LogP contribution in [0.1, 0.15) is 0 Å². The summed E-state index contributed by atoms with van der Waals surface area (Å²) in [7, 11) is -4.22. The zero-order valence-electron chi connectivity index (χ0n) is 5.78. The molecule has 0 bridgehead atoms. The van der Waals surface area contributed by atoms with Crippen molar-refractivity contribution in [1.82, 2.24) is 0 Å². The van der Waals surface area contributed by atoms with E-state index in [1.165, 1.54) is 24.3 Å². The number of rotatable bonds is 1. The summed E-state index contributed by atoms with van der Waals surface area (Å²) in [5, 5.41) is 0. The van der Waals surface area contributed by atoms with Crippen LogP contribution in [-0.4, -0.2) is 13.0 Å². The van der Waals surface area contributed by atoms with E-state index in [-0.39, 0.29) is 33.0 Å². The van der Waals surface area contributed by atoms with Gasteiger partial charge in [0.2, 0.25) is 0 Å². The van der Waals surface area contributed by atoms with E-state index in [0.29, 0.717) is 0 Å². The minimum atomic E-state index is -4.22. The molecule has 0 fully saturated rings. The van der Waals surface area contributed by atoms with Gasteiger partial charge in [-0.25, -0.2) is 0 Å². The van der Waals surface area contributed by atoms with Crippen LogP contribution < -0.4 is 0 Å². The maximum Gasteiger partial charge on any atom is 1.00 e. The first kappa shape index (κ1) is 11.7. The predicted octanol–water partition coefficient (Wildman–Crippen LogP) is 1.61. The molecule has 0 unspecified atom stereocenters. The molecule has 70 valence electrons. The monoisotopic (exact) mass is 369 g/mol. The van der Waals surface area contributed by atoms with Crippen LogP contribution in [0.4, 0.5) is 5.69 Å². The van der Waals surface area contributed by atoms with Gasteiger partial charge in [-0.1, -0.05) is 18.2 Å². The van der Waals surface area contributed by atoms with Crippen molar-refractivity contribution < 1.29 is 35.4 Å². The summed E-state index contributed by atoms with van der Waals surface area (Å²) in [6.45, 7) is 0. The van der Waals surface area contributed by atoms with Crippen LogP contribution in [0.2, 0.25) is 0 Å². The quantitative estimate of drug-likeness (QED) is 0.604. The van der Waals surface area contributed by atoms with Crippen LogP contribution in [0.5, 0.6) is 0 Å². The molecule has 0 amide bonds. The molecule has 2 N–H and O–H groups in total. The molecule has 0 saturated carbocycles. The average molecular weight is 369 g/mol. The molecule has 0 saturated heterocycles. The zero-order valence-corrected chi connectivity index (χ0v) is 8.77. The first-order valence-electron chi connectivity index (χ1n) is 2.80. The number of hydrogen-bond donors (Lipinski definition) is 1. The Morgan fingerprint density at radius 3 is 2.08 bits per heavy atom. The minimum Gasteiger partial charge on any atom is -0.698 e. The van der Waals surface area contributed by atoms with E-state index in [1.54, 1.807) is 0 Å². The van der Waals surface area contributed by atoms with Gasteiger partial charge in [0.15, 0.2) is 0 Å². The normalized spacial score (nSPS) is 10.4. The second kappa shape index (κ2) is 4.06. The fourth-order valence-electron chi connectivity index (χ4n) is 0.692. The van der Waals surface area contributed by atoms with Gasteiger partial charge >= 0.3 is 22.4 Å². The Morgan fingerprint density at radius 1 is 1.25 bits per heavy atom. The van der Waals surface area contributed by atoms with Gasteiger partial charge in [-0.15, -0.1) is 5.69 Å². The van der Waals surface area contributed by atoms with Gasteiger partial charge in [-0.05, 0) is 6.07 Å². The van der Waals surface area contributed by atoms with E-state index in [2.05, 4.69) is 0 Å². The van der Waals surface area contributed by atoms with Crippen molar-refractivity contribution in [1.29, 1.82) is 0 Å². The van der Waals surface area contributed by atoms with Crippen molar-refractivity contribution in [3.63, 3.8) is 0 Å². The molecule has 0 atom stereocenters. The first-order chi connectivity index (χ1) is 5.02. The standard InChI is InChI=1S/C6H6NO3S.Au/c7-5-3-1-2-4-6(5)11(8,9)10;/h1-4,7H,(H,8,9,10);/q-1;+1. The largest absolute Gasteiger partial charge is 1.00 e. The van der Waals surface area contributed by atoms with Crippen LogP contribution in [0, 0.1) is 0 Å². The smallest absolute Gasteiger partial charge is 0.698 e. The van der Waals surface area contributed by atoms with Gasteiger partial charge in [0, 0.05) is 0 Å². The predicted molar refractivity (Wildman–Crippen MR) is 40.2 cm³/mol. The molecule has 0 aliphatic carbocycles. The molecule has 12 heavy (non-hydrogen) atoms. The third-order valence-electron chi connectivity index (χ3n) is 1.16. The van der Waals surface area contributed by atoms with E-state index in [4.69, 9.17) is 10.3 Å². The second-order valence-corrected chi connectivity index (χ2v) is 3.36. The van der Waals surface area contributed by atoms with Gasteiger partial charge in [-0.3, -0.25) is 4.55 Å². The summed E-state index contributed by atoms with van der Waals surface area (Å²) >= 11 is 0. The third-order valence-corrected chi connectivity index (χ3v) is 2.08. The van der Waals surface area contributed by atoms with Crippen LogP contribution >= 0.6 is 0 Å². The van der Waals surface area contributed by atoms with Crippen LogP contribution in [0.15, 0.2) is 29.2 Å². The molecular formula is C6H6AuNO3S. The fourth-order valence-corrected chi connectivity index (χ4v) is 1.29. The molecule has 1 aromatic carbocycles. The number of hydrogen-bond acceptors (Lipinski definition) is 2. The van der Waals surface area contributed by atoms with E-state index in [1.807, 2.05) is 0 Å². The van der Waals surface area contributed by atoms with Crippen molar-refractivity contribution in [2.75, 3.05) is 0 Å². The molecule has 1 rings (SSSR count). The van der Waals surface area contributed by atoms with Gasteiger partial charge in [0.05, 0.1) is 4.90 Å². The molecule has 4 nitrogen and oxygen atoms in total. The van der Waals surface area contributed by atoms with Gasteiger partial charge in [0.1, 0.15) is 0 Å². The van der Waals surface area contributed by atoms with E-state index < -0.39 is 10.1 Å². The van der Waals surface area contributed by atoms with E-state index >= 15 is 0 Å². The van der Waals surface area contributed by atoms with Crippen molar-refractivity contribution in [2.24, 2.45) is 0 Å². The summed E-state index contributed by atoms with van der Waals surface area (Å²) in [6.07, 6.45) is 0. The van der Waals surface area contributed by atoms with Crippen molar-refractivity contribution in [2.45, 2.75) is 4.90 Å². The molecule has 6 heteroatoms. The van der Waals surface area contributed by atoms with Crippen LogP contribution in [-0.2, 0) is 32.5 Å². The SMILES string of the molecule is [Au+].[NH-]c1ccccc1S(=O)(=O)O. The van der Waals surface area contributed by atoms with Gasteiger partial charge in [0.25, 0.3) is 10.1 Å². The second-order valence-electron chi connectivity index (χ2n) is 1.97. The number of nitrogens with one attached hydrogen (secondary N) is 1. The van der Waals surface area contributed by atoms with Crippen LogP contribution in [0.25, 0.3) is 5.73 Å². The number of benzene rings is 1. The summed E-state index contributed by atoms with van der Waals surface area (Å²) in [5.74, 6) is 0. The Bertz CT molecular complexity index is 363. The third kappa shape index (κ3) is 2.62. The first-order valence-corrected chi connectivity index (χ1v) is 4.24. The molecule has 0 aromatic heterocycles. The van der Waals surface area contributed by atoms with E-state index in [0.717, 1.165) is 0 Å². The maximum atomic E-state index is 10.5. The Morgan fingerprint density at radius 2 is 1.75 bits per heavy atom. The fraction of sp³-hybridized carbons (Fsp3) is 0. The zero-order chi connectivity index (χ0) is 8.48. The van der Waals surface area contributed by atoms with E-state index in [9.17, 15) is 8.42 Å². The van der Waals surface area contributed by atoms with Crippen molar-refractivity contribution in [3.8, 4) is 0 Å². The summed E-state index contributed by atoms with van der Waals surface area (Å²) in [4.78, 5) is -0.361. The summed E-state index contributed by atoms with van der Waals surface area (Å²) in [6, 6.07) is 5.44. The van der Waals surface area contributed by atoms with Crippen molar-refractivity contribution in [3.05, 3.63) is 30.0 Å². The molecule has 0 aliphatic rings. The molecular weight excluding hydrogens is 363 g/mol. The Balaban J connectivity index is 0.00000121. The molecule has 0 spiro atoms.